The standard InChI is InChI=1S/C14H14FN3S/c1-9-7-10(14(16)19)8-13(17-9)18(2)12-5-3-11(15)4-6-12/h3-8H,1-2H3,(H2,16,19). The molecule has 0 saturated heterocycles. The number of benzene rings is 1. The third-order valence-corrected chi connectivity index (χ3v) is 3.02. The van der Waals surface area contributed by atoms with E-state index in [4.69, 9.17) is 18.0 Å². The summed E-state index contributed by atoms with van der Waals surface area (Å²) in [4.78, 5) is 6.62. The molecule has 19 heavy (non-hydrogen) atoms. The van der Waals surface area contributed by atoms with Crippen LogP contribution in [0.1, 0.15) is 11.3 Å². The summed E-state index contributed by atoms with van der Waals surface area (Å²) in [5.41, 5.74) is 8.08. The Hall–Kier alpha value is -2.01. The molecule has 0 bridgehead atoms. The first kappa shape index (κ1) is 13.4. The summed E-state index contributed by atoms with van der Waals surface area (Å²) < 4.78 is 12.9. The number of aryl methyl sites for hydroxylation is 1. The Morgan fingerprint density at radius 2 is 1.89 bits per heavy atom. The molecule has 0 spiro atoms. The van der Waals surface area contributed by atoms with Gasteiger partial charge in [0, 0.05) is 24.0 Å². The van der Waals surface area contributed by atoms with Crippen LogP contribution in [0.5, 0.6) is 0 Å². The van der Waals surface area contributed by atoms with Crippen LogP contribution in [0.25, 0.3) is 0 Å². The smallest absolute Gasteiger partial charge is 0.133 e. The summed E-state index contributed by atoms with van der Waals surface area (Å²) in [5, 5.41) is 0. The molecule has 2 aromatic rings. The van der Waals surface area contributed by atoms with Gasteiger partial charge in [0.15, 0.2) is 0 Å². The molecular formula is C14H14FN3S. The van der Waals surface area contributed by atoms with Gasteiger partial charge in [0.05, 0.1) is 0 Å². The summed E-state index contributed by atoms with van der Waals surface area (Å²) in [6.45, 7) is 1.88. The van der Waals surface area contributed by atoms with Gasteiger partial charge in [0.2, 0.25) is 0 Å². The molecule has 1 aromatic carbocycles. The molecule has 98 valence electrons. The van der Waals surface area contributed by atoms with Crippen molar-refractivity contribution in [3.63, 3.8) is 0 Å². The van der Waals surface area contributed by atoms with E-state index in [0.29, 0.717) is 4.99 Å². The summed E-state index contributed by atoms with van der Waals surface area (Å²) in [7, 11) is 1.86. The lowest BCUT2D eigenvalue weighted by Gasteiger charge is -2.19. The Kier molecular flexibility index (Phi) is 3.76. The van der Waals surface area contributed by atoms with Gasteiger partial charge in [-0.15, -0.1) is 0 Å². The quantitative estimate of drug-likeness (QED) is 0.875. The summed E-state index contributed by atoms with van der Waals surface area (Å²) in [6, 6.07) is 9.87. The monoisotopic (exact) mass is 275 g/mol. The van der Waals surface area contributed by atoms with Crippen LogP contribution in [-0.4, -0.2) is 17.0 Å². The second kappa shape index (κ2) is 5.32. The number of nitrogens with zero attached hydrogens (tertiary/aromatic N) is 2. The Morgan fingerprint density at radius 1 is 1.26 bits per heavy atom. The van der Waals surface area contributed by atoms with Crippen molar-refractivity contribution in [2.24, 2.45) is 5.73 Å². The van der Waals surface area contributed by atoms with E-state index in [1.807, 2.05) is 31.0 Å². The first-order valence-electron chi connectivity index (χ1n) is 5.75. The zero-order valence-corrected chi connectivity index (χ0v) is 11.5. The maximum Gasteiger partial charge on any atom is 0.133 e. The van der Waals surface area contributed by atoms with Crippen molar-refractivity contribution in [2.45, 2.75) is 6.92 Å². The number of hydrogen-bond donors (Lipinski definition) is 1. The fourth-order valence-electron chi connectivity index (χ4n) is 1.76. The van der Waals surface area contributed by atoms with Crippen molar-refractivity contribution >= 4 is 28.7 Å². The third kappa shape index (κ3) is 3.06. The van der Waals surface area contributed by atoms with Crippen LogP contribution in [0.2, 0.25) is 0 Å². The molecule has 1 aromatic heterocycles. The van der Waals surface area contributed by atoms with Gasteiger partial charge in [-0.2, -0.15) is 0 Å². The number of hydrogen-bond acceptors (Lipinski definition) is 3. The van der Waals surface area contributed by atoms with E-state index in [1.54, 1.807) is 12.1 Å². The van der Waals surface area contributed by atoms with Crippen LogP contribution in [-0.2, 0) is 0 Å². The highest BCUT2D eigenvalue weighted by Gasteiger charge is 2.09. The lowest BCUT2D eigenvalue weighted by molar-refractivity contribution is 0.628. The minimum atomic E-state index is -0.266. The van der Waals surface area contributed by atoms with E-state index in [9.17, 15) is 4.39 Å². The first-order chi connectivity index (χ1) is 8.97. The molecule has 5 heteroatoms. The highest BCUT2D eigenvalue weighted by Crippen LogP contribution is 2.23. The number of thiocarbonyl (C=S) groups is 1. The van der Waals surface area contributed by atoms with Crippen molar-refractivity contribution in [2.75, 3.05) is 11.9 Å². The van der Waals surface area contributed by atoms with Gasteiger partial charge in [0.25, 0.3) is 0 Å². The Bertz CT molecular complexity index is 611. The normalized spacial score (nSPS) is 10.3. The largest absolute Gasteiger partial charge is 0.389 e. The van der Waals surface area contributed by atoms with Crippen LogP contribution in [0.4, 0.5) is 15.9 Å². The van der Waals surface area contributed by atoms with Crippen molar-refractivity contribution in [3.8, 4) is 0 Å². The molecule has 0 unspecified atom stereocenters. The molecule has 1 heterocycles. The summed E-state index contributed by atoms with van der Waals surface area (Å²) >= 11 is 4.98. The van der Waals surface area contributed by atoms with Gasteiger partial charge in [-0.3, -0.25) is 0 Å². The minimum Gasteiger partial charge on any atom is -0.389 e. The number of nitrogens with two attached hydrogens (primary N) is 1. The van der Waals surface area contributed by atoms with Gasteiger partial charge < -0.3 is 10.6 Å². The maximum atomic E-state index is 12.9. The van der Waals surface area contributed by atoms with Gasteiger partial charge in [-0.05, 0) is 43.3 Å². The first-order valence-corrected chi connectivity index (χ1v) is 6.16. The molecule has 0 atom stereocenters. The van der Waals surface area contributed by atoms with E-state index >= 15 is 0 Å². The van der Waals surface area contributed by atoms with Crippen LogP contribution in [0.3, 0.4) is 0 Å². The summed E-state index contributed by atoms with van der Waals surface area (Å²) in [6.07, 6.45) is 0. The van der Waals surface area contributed by atoms with Gasteiger partial charge in [-0.1, -0.05) is 12.2 Å². The molecule has 0 radical (unpaired) electrons. The van der Waals surface area contributed by atoms with Crippen LogP contribution in [0.15, 0.2) is 36.4 Å². The molecule has 0 fully saturated rings. The van der Waals surface area contributed by atoms with E-state index in [-0.39, 0.29) is 5.82 Å². The predicted octanol–water partition coefficient (Wildman–Crippen LogP) is 2.93. The zero-order valence-electron chi connectivity index (χ0n) is 10.7. The Labute approximate surface area is 116 Å². The van der Waals surface area contributed by atoms with Gasteiger partial charge >= 0.3 is 0 Å². The van der Waals surface area contributed by atoms with Crippen molar-refractivity contribution in [1.29, 1.82) is 0 Å². The number of anilines is 2. The molecule has 2 rings (SSSR count). The Morgan fingerprint density at radius 3 is 2.47 bits per heavy atom. The SMILES string of the molecule is Cc1cc(C(N)=S)cc(N(C)c2ccc(F)cc2)n1. The summed E-state index contributed by atoms with van der Waals surface area (Å²) in [5.74, 6) is 0.451. The predicted molar refractivity (Wildman–Crippen MR) is 79.3 cm³/mol. The van der Waals surface area contributed by atoms with E-state index < -0.39 is 0 Å². The molecule has 2 N–H and O–H groups in total. The number of aromatic nitrogens is 1. The van der Waals surface area contributed by atoms with Crippen LogP contribution < -0.4 is 10.6 Å². The molecular weight excluding hydrogens is 261 g/mol. The van der Waals surface area contributed by atoms with E-state index in [0.717, 1.165) is 22.8 Å². The van der Waals surface area contributed by atoms with Gasteiger partial charge in [-0.25, -0.2) is 9.37 Å². The molecule has 0 aliphatic rings. The highest BCUT2D eigenvalue weighted by atomic mass is 32.1. The van der Waals surface area contributed by atoms with E-state index in [1.165, 1.54) is 12.1 Å². The number of halogens is 1. The maximum absolute atomic E-state index is 12.9. The number of rotatable bonds is 3. The van der Waals surface area contributed by atoms with E-state index in [2.05, 4.69) is 4.98 Å². The fourth-order valence-corrected chi connectivity index (χ4v) is 1.88. The average molecular weight is 275 g/mol. The second-order valence-corrected chi connectivity index (χ2v) is 4.69. The lowest BCUT2D eigenvalue weighted by Crippen LogP contribution is -2.15. The van der Waals surface area contributed by atoms with Crippen molar-refractivity contribution in [3.05, 3.63) is 53.5 Å². The fraction of sp³-hybridized carbons (Fsp3) is 0.143. The minimum absolute atomic E-state index is 0.266. The molecule has 0 aliphatic heterocycles. The average Bonchev–Trinajstić information content (AvgIpc) is 2.38. The van der Waals surface area contributed by atoms with Gasteiger partial charge in [0.1, 0.15) is 16.6 Å². The number of pyridine rings is 1. The van der Waals surface area contributed by atoms with Crippen LogP contribution >= 0.6 is 12.2 Å². The van der Waals surface area contributed by atoms with Crippen molar-refractivity contribution < 1.29 is 4.39 Å². The van der Waals surface area contributed by atoms with Crippen LogP contribution in [0, 0.1) is 12.7 Å². The molecule has 0 aliphatic carbocycles. The highest BCUT2D eigenvalue weighted by molar-refractivity contribution is 7.80. The topological polar surface area (TPSA) is 42.1 Å². The lowest BCUT2D eigenvalue weighted by atomic mass is 10.2. The molecule has 0 amide bonds. The zero-order chi connectivity index (χ0) is 14.0. The Balaban J connectivity index is 2.40. The molecule has 0 saturated carbocycles. The third-order valence-electron chi connectivity index (χ3n) is 2.78. The molecule has 3 nitrogen and oxygen atoms in total. The second-order valence-electron chi connectivity index (χ2n) is 4.26. The van der Waals surface area contributed by atoms with Crippen molar-refractivity contribution in [1.82, 2.24) is 4.98 Å².